The van der Waals surface area contributed by atoms with Gasteiger partial charge in [0.25, 0.3) is 0 Å². The number of hydrogen-bond donors (Lipinski definition) is 1. The lowest BCUT2D eigenvalue weighted by Crippen LogP contribution is -2.38. The number of carbonyl (C=O) groups is 1. The lowest BCUT2D eigenvalue weighted by Gasteiger charge is -2.31. The van der Waals surface area contributed by atoms with Gasteiger partial charge in [0.2, 0.25) is 0 Å². The number of amides is 2. The Labute approximate surface area is 189 Å². The van der Waals surface area contributed by atoms with Gasteiger partial charge < -0.3 is 14.8 Å². The largest absolute Gasteiger partial charge is 0.322 e. The average Bonchev–Trinajstić information content (AvgIpc) is 3.18. The first-order valence-electron chi connectivity index (χ1n) is 11.0. The van der Waals surface area contributed by atoms with E-state index >= 15 is 0 Å². The number of hydrogen-bond acceptors (Lipinski definition) is 1. The molecule has 5 rings (SSSR count). The van der Waals surface area contributed by atoms with Crippen LogP contribution in [0, 0.1) is 20.8 Å². The minimum Gasteiger partial charge on any atom is -0.318 e. The van der Waals surface area contributed by atoms with Crippen LogP contribution >= 0.6 is 0 Å². The zero-order valence-corrected chi connectivity index (χ0v) is 18.7. The van der Waals surface area contributed by atoms with Crippen LogP contribution in [0.2, 0.25) is 0 Å². The Hall–Kier alpha value is -3.79. The number of nitrogens with one attached hydrogen (secondary N) is 1. The van der Waals surface area contributed by atoms with Gasteiger partial charge in [-0.15, -0.1) is 0 Å². The Bertz CT molecular complexity index is 1270. The van der Waals surface area contributed by atoms with Crippen molar-refractivity contribution in [2.75, 3.05) is 5.32 Å². The number of para-hydroxylation sites is 1. The number of aryl methyl sites for hydroxylation is 3. The van der Waals surface area contributed by atoms with E-state index in [1.54, 1.807) is 0 Å². The Balaban J connectivity index is 1.62. The molecule has 0 unspecified atom stereocenters. The van der Waals surface area contributed by atoms with E-state index in [9.17, 15) is 4.79 Å². The number of carbonyl (C=O) groups excluding carboxylic acids is 1. The lowest BCUT2D eigenvalue weighted by atomic mass is 10.0. The molecule has 0 saturated carbocycles. The Kier molecular flexibility index (Phi) is 5.06. The minimum atomic E-state index is -0.205. The topological polar surface area (TPSA) is 37.3 Å². The standard InChI is InChI=1S/C28H27N3O/c1-19-10-12-22(13-11-19)27-26-9-6-14-30(26)25-8-5-4-7-23(25)18-31(27)28(32)29-24-16-20(2)15-21(3)17-24/h4-17,27H,18H2,1-3H3,(H,29,32)/t27-/m0/s1. The maximum absolute atomic E-state index is 13.7. The molecule has 0 spiro atoms. The Morgan fingerprint density at radius 1 is 0.844 bits per heavy atom. The second-order valence-electron chi connectivity index (χ2n) is 8.68. The van der Waals surface area contributed by atoms with E-state index in [4.69, 9.17) is 0 Å². The molecule has 0 aliphatic carbocycles. The molecular weight excluding hydrogens is 394 g/mol. The van der Waals surface area contributed by atoms with E-state index in [0.717, 1.165) is 39.3 Å². The van der Waals surface area contributed by atoms with Gasteiger partial charge in [-0.3, -0.25) is 0 Å². The quantitative estimate of drug-likeness (QED) is 0.392. The van der Waals surface area contributed by atoms with Crippen molar-refractivity contribution in [3.8, 4) is 5.69 Å². The summed E-state index contributed by atoms with van der Waals surface area (Å²) in [5, 5.41) is 3.16. The molecule has 0 radical (unpaired) electrons. The predicted molar refractivity (Wildman–Crippen MR) is 129 cm³/mol. The van der Waals surface area contributed by atoms with Crippen molar-refractivity contribution >= 4 is 11.7 Å². The second-order valence-corrected chi connectivity index (χ2v) is 8.68. The number of anilines is 1. The van der Waals surface area contributed by atoms with Crippen molar-refractivity contribution in [1.29, 1.82) is 0 Å². The minimum absolute atomic E-state index is 0.106. The number of aromatic nitrogens is 1. The highest BCUT2D eigenvalue weighted by molar-refractivity contribution is 5.90. The smallest absolute Gasteiger partial charge is 0.318 e. The zero-order valence-electron chi connectivity index (χ0n) is 18.7. The van der Waals surface area contributed by atoms with Crippen molar-refractivity contribution in [2.24, 2.45) is 0 Å². The molecule has 1 atom stereocenters. The molecule has 2 amide bonds. The van der Waals surface area contributed by atoms with Crippen LogP contribution in [0.4, 0.5) is 10.5 Å². The van der Waals surface area contributed by atoms with E-state index in [-0.39, 0.29) is 12.1 Å². The monoisotopic (exact) mass is 421 g/mol. The Morgan fingerprint density at radius 2 is 1.56 bits per heavy atom. The first-order valence-corrected chi connectivity index (χ1v) is 11.0. The Morgan fingerprint density at radius 3 is 2.31 bits per heavy atom. The molecule has 0 fully saturated rings. The van der Waals surface area contributed by atoms with Crippen LogP contribution in [0.1, 0.15) is 39.6 Å². The van der Waals surface area contributed by atoms with Gasteiger partial charge in [-0.05, 0) is 73.4 Å². The van der Waals surface area contributed by atoms with Crippen molar-refractivity contribution in [1.82, 2.24) is 9.47 Å². The van der Waals surface area contributed by atoms with Crippen molar-refractivity contribution in [2.45, 2.75) is 33.4 Å². The zero-order chi connectivity index (χ0) is 22.2. The van der Waals surface area contributed by atoms with E-state index in [1.165, 1.54) is 5.56 Å². The van der Waals surface area contributed by atoms with Crippen molar-refractivity contribution in [3.63, 3.8) is 0 Å². The number of urea groups is 1. The third-order valence-electron chi connectivity index (χ3n) is 6.09. The van der Waals surface area contributed by atoms with Crippen LogP contribution in [0.15, 0.2) is 85.1 Å². The van der Waals surface area contributed by atoms with Crippen LogP contribution in [0.25, 0.3) is 5.69 Å². The van der Waals surface area contributed by atoms with Gasteiger partial charge in [0.15, 0.2) is 0 Å². The van der Waals surface area contributed by atoms with E-state index in [1.807, 2.05) is 36.9 Å². The average molecular weight is 422 g/mol. The SMILES string of the molecule is Cc1ccc([C@H]2c3cccn3-c3ccccc3CN2C(=O)Nc2cc(C)cc(C)c2)cc1. The van der Waals surface area contributed by atoms with Crippen LogP contribution in [0.5, 0.6) is 0 Å². The summed E-state index contributed by atoms with van der Waals surface area (Å²) < 4.78 is 2.21. The molecule has 1 N–H and O–H groups in total. The number of benzene rings is 3. The molecule has 1 aliphatic heterocycles. The van der Waals surface area contributed by atoms with Gasteiger partial charge in [-0.1, -0.05) is 54.1 Å². The van der Waals surface area contributed by atoms with Crippen molar-refractivity contribution in [3.05, 3.63) is 119 Å². The molecule has 1 aliphatic rings. The number of fused-ring (bicyclic) bond motifs is 3. The third kappa shape index (κ3) is 3.69. The molecule has 2 heterocycles. The number of rotatable bonds is 2. The highest BCUT2D eigenvalue weighted by atomic mass is 16.2. The van der Waals surface area contributed by atoms with Gasteiger partial charge >= 0.3 is 6.03 Å². The summed E-state index contributed by atoms with van der Waals surface area (Å²) in [5.74, 6) is 0. The summed E-state index contributed by atoms with van der Waals surface area (Å²) >= 11 is 0. The van der Waals surface area contributed by atoms with E-state index in [2.05, 4.69) is 83.7 Å². The van der Waals surface area contributed by atoms with E-state index < -0.39 is 0 Å². The molecule has 160 valence electrons. The fourth-order valence-electron chi connectivity index (χ4n) is 4.68. The third-order valence-corrected chi connectivity index (χ3v) is 6.09. The van der Waals surface area contributed by atoms with Crippen molar-refractivity contribution < 1.29 is 4.79 Å². The summed E-state index contributed by atoms with van der Waals surface area (Å²) in [4.78, 5) is 15.7. The highest BCUT2D eigenvalue weighted by Crippen LogP contribution is 2.37. The van der Waals surface area contributed by atoms with Gasteiger partial charge in [0.1, 0.15) is 0 Å². The summed E-state index contributed by atoms with van der Waals surface area (Å²) in [7, 11) is 0. The van der Waals surface area contributed by atoms with E-state index in [0.29, 0.717) is 6.54 Å². The molecule has 4 nitrogen and oxygen atoms in total. The normalized spacial score (nSPS) is 15.0. The molecule has 1 aromatic heterocycles. The maximum atomic E-state index is 13.7. The fourth-order valence-corrected chi connectivity index (χ4v) is 4.68. The summed E-state index contributed by atoms with van der Waals surface area (Å²) in [5.41, 5.74) is 8.70. The molecular formula is C28H27N3O. The molecule has 3 aromatic carbocycles. The fraction of sp³-hybridized carbons (Fsp3) is 0.179. The van der Waals surface area contributed by atoms with Crippen LogP contribution in [-0.2, 0) is 6.54 Å². The van der Waals surface area contributed by atoms with Gasteiger partial charge in [0.05, 0.1) is 18.3 Å². The molecule has 0 bridgehead atoms. The maximum Gasteiger partial charge on any atom is 0.322 e. The van der Waals surface area contributed by atoms with Gasteiger partial charge in [-0.2, -0.15) is 0 Å². The predicted octanol–water partition coefficient (Wildman–Crippen LogP) is 6.54. The summed E-state index contributed by atoms with van der Waals surface area (Å²) in [6, 6.07) is 26.8. The molecule has 32 heavy (non-hydrogen) atoms. The number of nitrogens with zero attached hydrogens (tertiary/aromatic N) is 2. The van der Waals surface area contributed by atoms with Gasteiger partial charge in [-0.25, -0.2) is 4.79 Å². The molecule has 4 heteroatoms. The summed E-state index contributed by atoms with van der Waals surface area (Å²) in [6.45, 7) is 6.70. The molecule has 4 aromatic rings. The van der Waals surface area contributed by atoms with Crippen LogP contribution in [0.3, 0.4) is 0 Å². The first kappa shape index (κ1) is 20.1. The van der Waals surface area contributed by atoms with Crippen LogP contribution < -0.4 is 5.32 Å². The highest BCUT2D eigenvalue weighted by Gasteiger charge is 2.33. The lowest BCUT2D eigenvalue weighted by molar-refractivity contribution is 0.194. The molecule has 0 saturated heterocycles. The van der Waals surface area contributed by atoms with Gasteiger partial charge in [0, 0.05) is 17.6 Å². The first-order chi connectivity index (χ1) is 15.5. The second kappa shape index (κ2) is 8.04. The van der Waals surface area contributed by atoms with Crippen LogP contribution in [-0.4, -0.2) is 15.5 Å². The summed E-state index contributed by atoms with van der Waals surface area (Å²) in [6.07, 6.45) is 2.08.